The third-order valence-electron chi connectivity index (χ3n) is 18.3. The third kappa shape index (κ3) is 7.09. The zero-order chi connectivity index (χ0) is 42.8. The van der Waals surface area contributed by atoms with Crippen molar-refractivity contribution in [3.05, 3.63) is 35.2 Å². The lowest BCUT2D eigenvalue weighted by atomic mass is 9.42. The van der Waals surface area contributed by atoms with Gasteiger partial charge in [-0.15, -0.1) is 0 Å². The fourth-order valence-corrected chi connectivity index (χ4v) is 15.4. The summed E-state index contributed by atoms with van der Waals surface area (Å²) < 4.78 is 7.04. The van der Waals surface area contributed by atoms with Crippen molar-refractivity contribution in [3.8, 4) is 0 Å². The molecule has 1 saturated heterocycles. The molecule has 17 atom stereocenters. The zero-order valence-corrected chi connectivity index (χ0v) is 36.5. The van der Waals surface area contributed by atoms with E-state index in [9.17, 15) is 35.7 Å². The van der Waals surface area contributed by atoms with Crippen LogP contribution in [0.3, 0.4) is 0 Å². The van der Waals surface area contributed by atoms with Gasteiger partial charge in [-0.05, 0) is 156 Å². The highest BCUT2D eigenvalue weighted by molar-refractivity contribution is 6.00. The van der Waals surface area contributed by atoms with Gasteiger partial charge in [-0.25, -0.2) is 0 Å². The molecule has 11 N–H and O–H groups in total. The number of allylic oxidation sites excluding steroid dienone is 3. The van der Waals surface area contributed by atoms with E-state index in [1.54, 1.807) is 13.8 Å². The predicted octanol–water partition coefficient (Wildman–Crippen LogP) is 3.99. The molecule has 0 radical (unpaired) electrons. The van der Waals surface area contributed by atoms with Gasteiger partial charge in [0.25, 0.3) is 0 Å². The maximum absolute atomic E-state index is 15.2. The normalized spacial score (nSPS) is 46.7. The smallest absolute Gasteiger partial charge is 0.182 e. The number of hydrogen-bond donors (Lipinski definition) is 10. The zero-order valence-electron chi connectivity index (χ0n) is 36.5. The van der Waals surface area contributed by atoms with Crippen LogP contribution in [0.5, 0.6) is 0 Å². The van der Waals surface area contributed by atoms with Crippen molar-refractivity contribution in [3.63, 3.8) is 0 Å². The van der Waals surface area contributed by atoms with Gasteiger partial charge in [-0.1, -0.05) is 45.1 Å². The van der Waals surface area contributed by atoms with Gasteiger partial charge >= 0.3 is 0 Å². The Morgan fingerprint density at radius 3 is 2.50 bits per heavy atom. The van der Waals surface area contributed by atoms with Crippen molar-refractivity contribution in [2.75, 3.05) is 13.2 Å². The number of fused-ring (bicyclic) bond motifs is 8. The number of dihydropyridines is 1. The molecule has 6 fully saturated rings. The first-order valence-electron chi connectivity index (χ1n) is 24.0. The minimum atomic E-state index is -1.72. The molecule has 0 aromatic rings. The molecular weight excluding hydrogens is 763 g/mol. The lowest BCUT2D eigenvalue weighted by Gasteiger charge is -2.64. The van der Waals surface area contributed by atoms with Gasteiger partial charge in [-0.2, -0.15) is 0 Å². The Kier molecular flexibility index (Phi) is 12.6. The maximum Gasteiger partial charge on any atom is 0.182 e. The second-order valence-corrected chi connectivity index (χ2v) is 21.2. The second-order valence-electron chi connectivity index (χ2n) is 21.2. The Labute approximate surface area is 357 Å². The molecule has 60 heavy (non-hydrogen) atoms. The lowest BCUT2D eigenvalue weighted by molar-refractivity contribution is -0.256. The molecule has 0 aromatic carbocycles. The fraction of sp³-hybridized carbons (Fsp3) is 0.854. The summed E-state index contributed by atoms with van der Waals surface area (Å²) in [5, 5.41) is 91.2. The molecule has 0 bridgehead atoms. The molecule has 0 aromatic heterocycles. The Bertz CT molecular complexity index is 1680. The first-order valence-corrected chi connectivity index (χ1v) is 24.0. The van der Waals surface area contributed by atoms with Crippen molar-refractivity contribution < 1.29 is 45.3 Å². The Morgan fingerprint density at radius 1 is 1.00 bits per heavy atom. The quantitative estimate of drug-likeness (QED) is 0.135. The summed E-state index contributed by atoms with van der Waals surface area (Å²) in [5.74, 6) is -0.749. The predicted molar refractivity (Wildman–Crippen MR) is 228 cm³/mol. The molecular formula is C48H77N3O9. The topological polar surface area (TPSA) is 218 Å². The highest BCUT2D eigenvalue weighted by Crippen LogP contribution is 2.72. The van der Waals surface area contributed by atoms with E-state index in [0.29, 0.717) is 55.9 Å². The van der Waals surface area contributed by atoms with Crippen LogP contribution in [0.15, 0.2) is 35.2 Å². The average Bonchev–Trinajstić information content (AvgIpc) is 3.57. The third-order valence-corrected chi connectivity index (χ3v) is 18.3. The molecule has 2 heterocycles. The van der Waals surface area contributed by atoms with Gasteiger partial charge in [0.1, 0.15) is 5.60 Å². The average molecular weight is 840 g/mol. The molecule has 17 unspecified atom stereocenters. The molecule has 338 valence electrons. The van der Waals surface area contributed by atoms with Crippen LogP contribution in [0.1, 0.15) is 143 Å². The van der Waals surface area contributed by atoms with E-state index in [4.69, 9.17) is 10.5 Å². The largest absolute Gasteiger partial charge is 0.396 e. The van der Waals surface area contributed by atoms with E-state index in [2.05, 4.69) is 17.6 Å². The van der Waals surface area contributed by atoms with Crippen LogP contribution in [0.4, 0.5) is 0 Å². The first kappa shape index (κ1) is 44.7. The summed E-state index contributed by atoms with van der Waals surface area (Å²) in [7, 11) is 0. The van der Waals surface area contributed by atoms with Crippen molar-refractivity contribution in [1.82, 2.24) is 10.6 Å². The van der Waals surface area contributed by atoms with Crippen LogP contribution < -0.4 is 16.4 Å². The number of nitrogens with one attached hydrogen (secondary N) is 2. The van der Waals surface area contributed by atoms with Crippen LogP contribution >= 0.6 is 0 Å². The number of Topliss-reactive ketones (excluding diaryl/α,β-unsaturated/α-hetero) is 1. The van der Waals surface area contributed by atoms with Gasteiger partial charge in [0.05, 0.1) is 53.6 Å². The minimum absolute atomic E-state index is 0.0477. The van der Waals surface area contributed by atoms with Crippen molar-refractivity contribution in [1.29, 1.82) is 0 Å². The number of carbonyl (C=O) groups is 1. The minimum Gasteiger partial charge on any atom is -0.396 e. The number of aliphatic hydroxyl groups excluding tert-OH is 4. The second kappa shape index (κ2) is 16.9. The number of ether oxygens (including phenoxy) is 1. The molecule has 8 rings (SSSR count). The highest BCUT2D eigenvalue weighted by Gasteiger charge is 2.75. The molecule has 6 aliphatic carbocycles. The summed E-state index contributed by atoms with van der Waals surface area (Å²) in [6.07, 6.45) is 14.8. The van der Waals surface area contributed by atoms with Gasteiger partial charge < -0.3 is 56.8 Å². The standard InChI is InChI=1S/C48H77N3O9/c1-4-7-29-9-12-31-32-8-5-6-18-48(59,43(32)60-37(31)13-10-29)44(3,57)38-17-21-47(58)40-33(16-20-46(38,47)22-23-52)45(19-15-30-11-14-39(49)50-27-30)25-36(55)35(54)24-34(45)42(56)41(40)51-26-28(2)53/h11,14,27-29,31-39,43,50-55,57-59H,4-10,12-13,15-26,49H2,1-3H3. The van der Waals surface area contributed by atoms with Gasteiger partial charge in [0.15, 0.2) is 5.78 Å². The van der Waals surface area contributed by atoms with Crippen molar-refractivity contribution in [2.24, 2.45) is 52.1 Å². The number of carbonyl (C=O) groups excluding carboxylic acids is 1. The number of nitrogens with two attached hydrogens (primary N) is 1. The van der Waals surface area contributed by atoms with E-state index in [0.717, 1.165) is 44.1 Å². The van der Waals surface area contributed by atoms with Gasteiger partial charge in [-0.3, -0.25) is 4.79 Å². The number of ketones is 1. The number of aliphatic hydroxyl groups is 7. The van der Waals surface area contributed by atoms with Crippen molar-refractivity contribution in [2.45, 2.75) is 196 Å². The molecule has 5 saturated carbocycles. The van der Waals surface area contributed by atoms with Crippen molar-refractivity contribution >= 4 is 5.78 Å². The van der Waals surface area contributed by atoms with Crippen LogP contribution in [-0.2, 0) is 9.53 Å². The Morgan fingerprint density at radius 2 is 1.78 bits per heavy atom. The lowest BCUT2D eigenvalue weighted by Crippen LogP contribution is -2.69. The summed E-state index contributed by atoms with van der Waals surface area (Å²) in [5.41, 5.74) is 0.956. The van der Waals surface area contributed by atoms with Crippen LogP contribution in [0, 0.1) is 46.3 Å². The summed E-state index contributed by atoms with van der Waals surface area (Å²) >= 11 is 0. The molecule has 2 aliphatic heterocycles. The van der Waals surface area contributed by atoms with Crippen LogP contribution in [0.2, 0.25) is 0 Å². The maximum atomic E-state index is 15.2. The molecule has 8 aliphatic rings. The highest BCUT2D eigenvalue weighted by atomic mass is 16.5. The van der Waals surface area contributed by atoms with Crippen LogP contribution in [-0.4, -0.2) is 108 Å². The summed E-state index contributed by atoms with van der Waals surface area (Å²) in [6.45, 7) is 5.47. The number of hydrogen-bond acceptors (Lipinski definition) is 12. The van der Waals surface area contributed by atoms with Gasteiger partial charge in [0, 0.05) is 30.7 Å². The SMILES string of the molecule is CCCC1CCC2OC3C(CCCCC3(O)C(C)(O)C3CCC4(O)C5=C(NCC(C)O)C(=O)C6CC(O)C(O)CC6(CCC6=CNC(N)C=C6)C5CCC34CCO)C2CC1. The molecule has 12 heteroatoms. The molecule has 0 spiro atoms. The van der Waals surface area contributed by atoms with E-state index < -0.39 is 63.9 Å². The summed E-state index contributed by atoms with van der Waals surface area (Å²) in [4.78, 5) is 15.2. The monoisotopic (exact) mass is 840 g/mol. The Balaban J connectivity index is 1.20. The Hall–Kier alpha value is -1.87. The van der Waals surface area contributed by atoms with Crippen LogP contribution in [0.25, 0.3) is 0 Å². The first-order chi connectivity index (χ1) is 28.6. The fourth-order valence-electron chi connectivity index (χ4n) is 15.4. The number of rotatable bonds is 12. The molecule has 0 amide bonds. The van der Waals surface area contributed by atoms with E-state index in [1.165, 1.54) is 19.3 Å². The van der Waals surface area contributed by atoms with Gasteiger partial charge in [0.2, 0.25) is 0 Å². The van der Waals surface area contributed by atoms with E-state index >= 15 is 4.79 Å². The summed E-state index contributed by atoms with van der Waals surface area (Å²) in [6, 6.07) is 0. The molecule has 12 nitrogen and oxygen atoms in total. The van der Waals surface area contributed by atoms with E-state index in [-0.39, 0.29) is 74.4 Å². The van der Waals surface area contributed by atoms with E-state index in [1.807, 2.05) is 18.4 Å².